The highest BCUT2D eigenvalue weighted by Crippen LogP contribution is 2.15. The molecule has 2 atom stereocenters. The normalized spacial score (nSPS) is 12.2. The molecule has 48 heavy (non-hydrogen) atoms. The molecule has 0 amide bonds. The zero-order valence-corrected chi connectivity index (χ0v) is 32.8. The van der Waals surface area contributed by atoms with Gasteiger partial charge in [-0.15, -0.1) is 0 Å². The van der Waals surface area contributed by atoms with Crippen LogP contribution in [0.3, 0.4) is 0 Å². The van der Waals surface area contributed by atoms with Gasteiger partial charge in [0.25, 0.3) is 6.47 Å². The predicted molar refractivity (Wildman–Crippen MR) is 205 cm³/mol. The van der Waals surface area contributed by atoms with E-state index in [2.05, 4.69) is 41.2 Å². The Hall–Kier alpha value is -1.54. The number of carbonyl (C=O) groups excluding carboxylic acids is 3. The number of nitrogens with two attached hydrogens (primary N) is 1. The first-order valence-electron chi connectivity index (χ1n) is 19.5. The van der Waals surface area contributed by atoms with Crippen LogP contribution < -0.4 is 5.73 Å². The van der Waals surface area contributed by atoms with Crippen LogP contribution in [0.2, 0.25) is 0 Å². The first-order chi connectivity index (χ1) is 23.2. The molecule has 0 rings (SSSR count). The predicted octanol–water partition coefficient (Wildman–Crippen LogP) is 10.8. The standard InChI is InChI=1S/C25H45NO6S.C15H32/c1-4-16-31-25(29)23(26)19-33-18-22(17-30-20-27)32-24(28)15-13-11-9-7-5-6-8-10-12-14-21(2)3;1-4-5-6-7-8-9-10-11-12-13-14-15(2)3/h4,20-23H,1,5-19,26H2,2-3H3;15H,4-14H2,1-3H3. The fraction of sp³-hybridized carbons (Fsp3) is 0.875. The van der Waals surface area contributed by atoms with E-state index in [9.17, 15) is 14.4 Å². The molecule has 7 nitrogen and oxygen atoms in total. The summed E-state index contributed by atoms with van der Waals surface area (Å²) in [6.07, 6.45) is 29.3. The van der Waals surface area contributed by atoms with Crippen molar-refractivity contribution in [3.8, 4) is 0 Å². The van der Waals surface area contributed by atoms with Crippen LogP contribution in [0, 0.1) is 11.8 Å². The number of ether oxygens (including phenoxy) is 3. The molecular formula is C40H77NO6S. The zero-order valence-electron chi connectivity index (χ0n) is 32.0. The number of unbranched alkanes of at least 4 members (excludes halogenated alkanes) is 17. The summed E-state index contributed by atoms with van der Waals surface area (Å²) < 4.78 is 15.1. The topological polar surface area (TPSA) is 105 Å². The lowest BCUT2D eigenvalue weighted by atomic mass is 10.0. The molecule has 284 valence electrons. The number of esters is 2. The third kappa shape index (κ3) is 38.9. The smallest absolute Gasteiger partial charge is 0.324 e. The van der Waals surface area contributed by atoms with E-state index in [-0.39, 0.29) is 19.2 Å². The molecule has 0 spiro atoms. The van der Waals surface area contributed by atoms with Gasteiger partial charge in [-0.3, -0.25) is 14.4 Å². The zero-order chi connectivity index (χ0) is 36.1. The number of carbonyl (C=O) groups is 3. The molecule has 0 saturated carbocycles. The molecule has 0 aromatic rings. The molecule has 0 aromatic carbocycles. The van der Waals surface area contributed by atoms with Gasteiger partial charge in [0.2, 0.25) is 0 Å². The van der Waals surface area contributed by atoms with Gasteiger partial charge in [0.15, 0.2) is 0 Å². The largest absolute Gasteiger partial charge is 0.464 e. The molecule has 0 heterocycles. The fourth-order valence-corrected chi connectivity index (χ4v) is 6.20. The SMILES string of the molecule is C=CCOC(=O)C(N)CSCC(COC=O)OC(=O)CCCCCCCCCCCC(C)C.CCCCCCCCCCCCC(C)C. The summed E-state index contributed by atoms with van der Waals surface area (Å²) >= 11 is 1.34. The van der Waals surface area contributed by atoms with Crippen LogP contribution in [-0.4, -0.2) is 55.3 Å². The Morgan fingerprint density at radius 2 is 1.17 bits per heavy atom. The Kier molecular flexibility index (Phi) is 38.7. The van der Waals surface area contributed by atoms with Crippen molar-refractivity contribution in [2.24, 2.45) is 17.6 Å². The molecule has 0 saturated heterocycles. The van der Waals surface area contributed by atoms with Gasteiger partial charge in [-0.05, 0) is 18.3 Å². The van der Waals surface area contributed by atoms with E-state index >= 15 is 0 Å². The summed E-state index contributed by atoms with van der Waals surface area (Å²) in [6.45, 7) is 15.4. The van der Waals surface area contributed by atoms with E-state index in [1.54, 1.807) is 0 Å². The highest BCUT2D eigenvalue weighted by Gasteiger charge is 2.19. The highest BCUT2D eigenvalue weighted by molar-refractivity contribution is 7.99. The van der Waals surface area contributed by atoms with Crippen LogP contribution >= 0.6 is 11.8 Å². The average molecular weight is 700 g/mol. The minimum atomic E-state index is -0.779. The summed E-state index contributed by atoms with van der Waals surface area (Å²) in [7, 11) is 0. The lowest BCUT2D eigenvalue weighted by Crippen LogP contribution is -2.35. The van der Waals surface area contributed by atoms with Gasteiger partial charge in [0, 0.05) is 17.9 Å². The summed E-state index contributed by atoms with van der Waals surface area (Å²) in [6, 6.07) is -0.779. The third-order valence-electron chi connectivity index (χ3n) is 8.19. The average Bonchev–Trinajstić information content (AvgIpc) is 3.05. The van der Waals surface area contributed by atoms with E-state index < -0.39 is 18.1 Å². The first kappa shape index (κ1) is 48.6. The second-order valence-electron chi connectivity index (χ2n) is 14.1. The molecule has 0 radical (unpaired) electrons. The van der Waals surface area contributed by atoms with E-state index in [0.717, 1.165) is 31.1 Å². The van der Waals surface area contributed by atoms with E-state index in [1.807, 2.05) is 0 Å². The quantitative estimate of drug-likeness (QED) is 0.0233. The van der Waals surface area contributed by atoms with Crippen molar-refractivity contribution in [3.63, 3.8) is 0 Å². The summed E-state index contributed by atoms with van der Waals surface area (Å²) in [5.74, 6) is 1.59. The monoisotopic (exact) mass is 700 g/mol. The highest BCUT2D eigenvalue weighted by atomic mass is 32.2. The molecule has 8 heteroatoms. The Morgan fingerprint density at radius 1 is 0.708 bits per heavy atom. The van der Waals surface area contributed by atoms with E-state index in [4.69, 9.17) is 19.9 Å². The van der Waals surface area contributed by atoms with Gasteiger partial charge >= 0.3 is 11.9 Å². The first-order valence-corrected chi connectivity index (χ1v) is 20.7. The maximum Gasteiger partial charge on any atom is 0.324 e. The van der Waals surface area contributed by atoms with Gasteiger partial charge in [0.05, 0.1) is 0 Å². The summed E-state index contributed by atoms with van der Waals surface area (Å²) in [4.78, 5) is 34.3. The van der Waals surface area contributed by atoms with Gasteiger partial charge < -0.3 is 19.9 Å². The van der Waals surface area contributed by atoms with Gasteiger partial charge in [-0.1, -0.05) is 176 Å². The maximum atomic E-state index is 12.1. The Bertz CT molecular complexity index is 733. The van der Waals surface area contributed by atoms with Crippen molar-refractivity contribution < 1.29 is 28.6 Å². The summed E-state index contributed by atoms with van der Waals surface area (Å²) in [5.41, 5.74) is 5.78. The Morgan fingerprint density at radius 3 is 1.60 bits per heavy atom. The molecule has 0 aliphatic heterocycles. The van der Waals surface area contributed by atoms with Crippen molar-refractivity contribution in [1.29, 1.82) is 0 Å². The molecule has 0 fully saturated rings. The van der Waals surface area contributed by atoms with Crippen LogP contribution in [0.5, 0.6) is 0 Å². The second kappa shape index (κ2) is 38.3. The molecule has 0 aliphatic rings. The second-order valence-corrected chi connectivity index (χ2v) is 15.2. The van der Waals surface area contributed by atoms with Gasteiger partial charge in [0.1, 0.15) is 25.4 Å². The van der Waals surface area contributed by atoms with E-state index in [1.165, 1.54) is 133 Å². The van der Waals surface area contributed by atoms with Crippen LogP contribution in [0.4, 0.5) is 0 Å². The van der Waals surface area contributed by atoms with Crippen LogP contribution in [0.15, 0.2) is 12.7 Å². The van der Waals surface area contributed by atoms with Crippen LogP contribution in [-0.2, 0) is 28.6 Å². The van der Waals surface area contributed by atoms with Gasteiger partial charge in [-0.2, -0.15) is 11.8 Å². The van der Waals surface area contributed by atoms with Crippen LogP contribution in [0.25, 0.3) is 0 Å². The minimum Gasteiger partial charge on any atom is -0.464 e. The number of hydrogen-bond acceptors (Lipinski definition) is 8. The molecule has 2 unspecified atom stereocenters. The lowest BCUT2D eigenvalue weighted by Gasteiger charge is -2.17. The van der Waals surface area contributed by atoms with Crippen molar-refractivity contribution in [2.75, 3.05) is 24.7 Å². The molecular weight excluding hydrogens is 623 g/mol. The molecule has 0 bridgehead atoms. The maximum absolute atomic E-state index is 12.1. The van der Waals surface area contributed by atoms with Crippen molar-refractivity contribution in [3.05, 3.63) is 12.7 Å². The van der Waals surface area contributed by atoms with Gasteiger partial charge in [-0.25, -0.2) is 0 Å². The van der Waals surface area contributed by atoms with Crippen molar-refractivity contribution in [1.82, 2.24) is 0 Å². The Balaban J connectivity index is 0. The lowest BCUT2D eigenvalue weighted by molar-refractivity contribution is -0.153. The van der Waals surface area contributed by atoms with Crippen LogP contribution in [0.1, 0.15) is 176 Å². The van der Waals surface area contributed by atoms with Crippen molar-refractivity contribution in [2.45, 2.75) is 188 Å². The molecule has 2 N–H and O–H groups in total. The number of thioether (sulfide) groups is 1. The fourth-order valence-electron chi connectivity index (χ4n) is 5.25. The number of rotatable bonds is 34. The minimum absolute atomic E-state index is 0.0183. The van der Waals surface area contributed by atoms with E-state index in [0.29, 0.717) is 24.4 Å². The Labute approximate surface area is 301 Å². The third-order valence-corrected chi connectivity index (χ3v) is 9.40. The number of hydrogen-bond donors (Lipinski definition) is 1. The summed E-state index contributed by atoms with van der Waals surface area (Å²) in [5, 5.41) is 0. The molecule has 0 aromatic heterocycles. The van der Waals surface area contributed by atoms with Crippen molar-refractivity contribution >= 4 is 30.2 Å². The molecule has 0 aliphatic carbocycles.